The molecule has 6 aromatic rings. The topological polar surface area (TPSA) is 83.8 Å². The van der Waals surface area contributed by atoms with Crippen LogP contribution in [0.4, 0.5) is 4.39 Å². The highest BCUT2D eigenvalue weighted by molar-refractivity contribution is 5.77. The van der Waals surface area contributed by atoms with Crippen LogP contribution in [0.15, 0.2) is 91.4 Å². The lowest BCUT2D eigenvalue weighted by Gasteiger charge is -2.11. The zero-order chi connectivity index (χ0) is 25.2. The molecule has 7 nitrogen and oxygen atoms in total. The number of nitrogens with one attached hydrogen (secondary N) is 2. The van der Waals surface area contributed by atoms with Gasteiger partial charge in [-0.1, -0.05) is 48.5 Å². The summed E-state index contributed by atoms with van der Waals surface area (Å²) < 4.78 is 16.2. The van der Waals surface area contributed by atoms with Crippen LogP contribution in [0.3, 0.4) is 0 Å². The highest BCUT2D eigenvalue weighted by Gasteiger charge is 2.17. The van der Waals surface area contributed by atoms with Gasteiger partial charge in [-0.3, -0.25) is 4.98 Å². The maximum atomic E-state index is 14.5. The standard InChI is InChI=1S/C29H24FN7.H2/c1-19-7-6-12-25(34-19)29-28(21-13-14-27-32-18-33-37(27)17-21)35-26(36-29)16-31-15-20-8-2-3-9-22(20)23-10-4-5-11-24(23)30;/h2-14,17-18,31H,15-16H2,1H3,(H,35,36);1H. The summed E-state index contributed by atoms with van der Waals surface area (Å²) >= 11 is 0. The van der Waals surface area contributed by atoms with Gasteiger partial charge in [0.1, 0.15) is 18.0 Å². The van der Waals surface area contributed by atoms with Crippen LogP contribution in [0, 0.1) is 12.7 Å². The van der Waals surface area contributed by atoms with Crippen molar-refractivity contribution in [3.63, 3.8) is 0 Å². The van der Waals surface area contributed by atoms with Gasteiger partial charge in [0.05, 0.1) is 23.6 Å². The Morgan fingerprint density at radius 2 is 1.73 bits per heavy atom. The fourth-order valence-electron chi connectivity index (χ4n) is 4.47. The van der Waals surface area contributed by atoms with E-state index in [2.05, 4.69) is 20.4 Å². The molecule has 0 amide bonds. The number of rotatable bonds is 7. The molecule has 37 heavy (non-hydrogen) atoms. The lowest BCUT2D eigenvalue weighted by atomic mass is 9.99. The number of aromatic amines is 1. The van der Waals surface area contributed by atoms with Crippen molar-refractivity contribution in [1.29, 1.82) is 0 Å². The van der Waals surface area contributed by atoms with Crippen molar-refractivity contribution in [2.45, 2.75) is 20.0 Å². The molecular formula is C29H26FN7. The Labute approximate surface area is 214 Å². The van der Waals surface area contributed by atoms with E-state index in [1.165, 1.54) is 12.4 Å². The quantitative estimate of drug-likeness (QED) is 0.293. The summed E-state index contributed by atoms with van der Waals surface area (Å²) in [7, 11) is 0. The number of hydrogen-bond donors (Lipinski definition) is 2. The molecule has 0 aliphatic rings. The van der Waals surface area contributed by atoms with Crippen molar-refractivity contribution >= 4 is 5.65 Å². The minimum Gasteiger partial charge on any atom is -0.339 e. The molecule has 0 fully saturated rings. The summed E-state index contributed by atoms with van der Waals surface area (Å²) in [4.78, 5) is 17.3. The van der Waals surface area contributed by atoms with Crippen molar-refractivity contribution in [1.82, 2.24) is 34.9 Å². The molecule has 184 valence electrons. The van der Waals surface area contributed by atoms with Crippen LogP contribution < -0.4 is 5.32 Å². The average molecular weight is 492 g/mol. The predicted molar refractivity (Wildman–Crippen MR) is 143 cm³/mol. The lowest BCUT2D eigenvalue weighted by Crippen LogP contribution is -2.14. The van der Waals surface area contributed by atoms with Crippen LogP contribution in [-0.2, 0) is 13.1 Å². The summed E-state index contributed by atoms with van der Waals surface area (Å²) in [6.07, 6.45) is 3.45. The van der Waals surface area contributed by atoms with Crippen molar-refractivity contribution < 1.29 is 5.82 Å². The number of aryl methyl sites for hydroxylation is 1. The van der Waals surface area contributed by atoms with Gasteiger partial charge in [0.2, 0.25) is 0 Å². The molecule has 4 aromatic heterocycles. The van der Waals surface area contributed by atoms with Gasteiger partial charge < -0.3 is 10.3 Å². The number of pyridine rings is 2. The molecule has 4 heterocycles. The van der Waals surface area contributed by atoms with Gasteiger partial charge in [-0.25, -0.2) is 18.9 Å². The second kappa shape index (κ2) is 9.75. The fourth-order valence-corrected chi connectivity index (χ4v) is 4.47. The Morgan fingerprint density at radius 3 is 2.59 bits per heavy atom. The first-order valence-electron chi connectivity index (χ1n) is 12.0. The van der Waals surface area contributed by atoms with E-state index >= 15 is 0 Å². The van der Waals surface area contributed by atoms with E-state index < -0.39 is 0 Å². The van der Waals surface area contributed by atoms with Gasteiger partial charge in [0.25, 0.3) is 0 Å². The summed E-state index contributed by atoms with van der Waals surface area (Å²) in [6.45, 7) is 3.02. The number of H-pyrrole nitrogens is 1. The summed E-state index contributed by atoms with van der Waals surface area (Å²) in [5, 5.41) is 7.73. The van der Waals surface area contributed by atoms with Crippen LogP contribution >= 0.6 is 0 Å². The molecule has 0 aliphatic heterocycles. The van der Waals surface area contributed by atoms with Crippen molar-refractivity contribution in [2.75, 3.05) is 0 Å². The van der Waals surface area contributed by atoms with E-state index in [0.29, 0.717) is 18.7 Å². The van der Waals surface area contributed by atoms with E-state index in [0.717, 1.165) is 50.9 Å². The van der Waals surface area contributed by atoms with E-state index in [1.54, 1.807) is 16.6 Å². The number of nitrogens with zero attached hydrogens (tertiary/aromatic N) is 5. The molecule has 0 spiro atoms. The van der Waals surface area contributed by atoms with Gasteiger partial charge >= 0.3 is 0 Å². The molecule has 8 heteroatoms. The minimum absolute atomic E-state index is 0. The van der Waals surface area contributed by atoms with Gasteiger partial charge in [0.15, 0.2) is 5.65 Å². The summed E-state index contributed by atoms with van der Waals surface area (Å²) in [5.74, 6) is 0.542. The van der Waals surface area contributed by atoms with Gasteiger partial charge in [-0.15, -0.1) is 0 Å². The van der Waals surface area contributed by atoms with Crippen LogP contribution in [0.1, 0.15) is 18.5 Å². The average Bonchev–Trinajstić information content (AvgIpc) is 3.56. The fraction of sp³-hybridized carbons (Fsp3) is 0.103. The third-order valence-electron chi connectivity index (χ3n) is 6.23. The van der Waals surface area contributed by atoms with E-state index in [-0.39, 0.29) is 7.24 Å². The maximum Gasteiger partial charge on any atom is 0.155 e. The molecule has 0 saturated heterocycles. The highest BCUT2D eigenvalue weighted by atomic mass is 19.1. The first-order valence-corrected chi connectivity index (χ1v) is 12.0. The third-order valence-corrected chi connectivity index (χ3v) is 6.23. The molecule has 0 atom stereocenters. The van der Waals surface area contributed by atoms with Gasteiger partial charge in [-0.05, 0) is 48.4 Å². The van der Waals surface area contributed by atoms with Crippen molar-refractivity contribution in [3.8, 4) is 33.8 Å². The Hall–Kier alpha value is -4.69. The molecule has 0 radical (unpaired) electrons. The van der Waals surface area contributed by atoms with E-state index in [4.69, 9.17) is 9.97 Å². The van der Waals surface area contributed by atoms with Crippen LogP contribution in [0.5, 0.6) is 0 Å². The highest BCUT2D eigenvalue weighted by Crippen LogP contribution is 2.30. The zero-order valence-corrected chi connectivity index (χ0v) is 20.2. The number of hydrogen-bond acceptors (Lipinski definition) is 5. The Balaban J connectivity index is 0.00000294. The predicted octanol–water partition coefficient (Wildman–Crippen LogP) is 5.83. The van der Waals surface area contributed by atoms with Crippen molar-refractivity contribution in [2.24, 2.45) is 0 Å². The SMILES string of the molecule is Cc1cccc(-c2[nH]c(CNCc3ccccc3-c3ccccc3F)nc2-c2ccc3ncnn3c2)n1.[HH]. The molecule has 2 N–H and O–H groups in total. The Morgan fingerprint density at radius 1 is 0.892 bits per heavy atom. The largest absolute Gasteiger partial charge is 0.339 e. The molecular weight excluding hydrogens is 465 g/mol. The molecule has 0 bridgehead atoms. The number of imidazole rings is 1. The smallest absolute Gasteiger partial charge is 0.155 e. The second-order valence-corrected chi connectivity index (χ2v) is 8.79. The van der Waals surface area contributed by atoms with Gasteiger partial charge in [0, 0.05) is 31.0 Å². The Bertz CT molecular complexity index is 1710. The Kier molecular flexibility index (Phi) is 6.00. The normalized spacial score (nSPS) is 11.3. The van der Waals surface area contributed by atoms with Crippen LogP contribution in [-0.4, -0.2) is 29.5 Å². The third kappa shape index (κ3) is 4.62. The minimum atomic E-state index is -0.231. The first-order chi connectivity index (χ1) is 18.2. The number of aromatic nitrogens is 6. The zero-order valence-electron chi connectivity index (χ0n) is 20.2. The first kappa shape index (κ1) is 22.8. The van der Waals surface area contributed by atoms with E-state index in [1.807, 2.05) is 73.8 Å². The molecule has 2 aromatic carbocycles. The van der Waals surface area contributed by atoms with Crippen LogP contribution in [0.25, 0.3) is 39.4 Å². The number of halogens is 1. The molecule has 0 saturated carbocycles. The molecule has 0 aliphatic carbocycles. The molecule has 6 rings (SSSR count). The lowest BCUT2D eigenvalue weighted by molar-refractivity contribution is 0.630. The van der Waals surface area contributed by atoms with E-state index in [9.17, 15) is 4.39 Å². The van der Waals surface area contributed by atoms with Crippen LogP contribution in [0.2, 0.25) is 0 Å². The number of fused-ring (bicyclic) bond motifs is 1. The van der Waals surface area contributed by atoms with Crippen molar-refractivity contribution in [3.05, 3.63) is 114 Å². The summed E-state index contributed by atoms with van der Waals surface area (Å²) in [5.41, 5.74) is 7.53. The van der Waals surface area contributed by atoms with Gasteiger partial charge in [-0.2, -0.15) is 5.10 Å². The number of benzene rings is 2. The monoisotopic (exact) mass is 491 g/mol. The second-order valence-electron chi connectivity index (χ2n) is 8.79. The summed E-state index contributed by atoms with van der Waals surface area (Å²) in [6, 6.07) is 24.5. The maximum absolute atomic E-state index is 14.5. The molecule has 0 unspecified atom stereocenters.